The fourth-order valence-corrected chi connectivity index (χ4v) is 9.30. The molecule has 2 saturated heterocycles. The Kier molecular flexibility index (Phi) is 5.33. The molecule has 0 bridgehead atoms. The van der Waals surface area contributed by atoms with Crippen LogP contribution in [0.15, 0.2) is 22.8 Å². The van der Waals surface area contributed by atoms with Crippen LogP contribution >= 0.6 is 0 Å². The zero-order chi connectivity index (χ0) is 25.9. The molecule has 4 aliphatic carbocycles. The quantitative estimate of drug-likeness (QED) is 0.511. The number of Topliss-reactive ketones (excluding diaryl/α,β-unsaturated/α-hetero) is 1. The second-order valence-electron chi connectivity index (χ2n) is 13.2. The number of esters is 1. The van der Waals surface area contributed by atoms with Gasteiger partial charge >= 0.3 is 5.97 Å². The lowest BCUT2D eigenvalue weighted by Gasteiger charge is -2.55. The number of hydrogen-bond acceptors (Lipinski definition) is 7. The molecular weight excluding hydrogens is 460 g/mol. The lowest BCUT2D eigenvalue weighted by molar-refractivity contribution is -0.179. The van der Waals surface area contributed by atoms with E-state index in [0.717, 1.165) is 37.7 Å². The van der Waals surface area contributed by atoms with E-state index in [1.807, 2.05) is 0 Å². The second-order valence-corrected chi connectivity index (χ2v) is 13.2. The van der Waals surface area contributed by atoms with Gasteiger partial charge in [0, 0.05) is 11.3 Å². The molecule has 36 heavy (non-hydrogen) atoms. The Bertz CT molecular complexity index is 1080. The van der Waals surface area contributed by atoms with Gasteiger partial charge in [0.05, 0.1) is 24.2 Å². The van der Waals surface area contributed by atoms with Crippen molar-refractivity contribution in [3.05, 3.63) is 22.8 Å². The maximum atomic E-state index is 13.3. The monoisotopic (exact) mass is 500 g/mol. The summed E-state index contributed by atoms with van der Waals surface area (Å²) in [6.45, 7) is 9.25. The van der Waals surface area contributed by atoms with Crippen LogP contribution in [0.25, 0.3) is 0 Å². The summed E-state index contributed by atoms with van der Waals surface area (Å²) >= 11 is 0. The Balaban J connectivity index is 1.39. The molecule has 2 aliphatic heterocycles. The molecule has 0 spiro atoms. The number of ketones is 1. The lowest BCUT2D eigenvalue weighted by atomic mass is 9.50. The maximum absolute atomic E-state index is 13.3. The van der Waals surface area contributed by atoms with Crippen LogP contribution in [0.3, 0.4) is 0 Å². The topological polar surface area (TPSA) is 113 Å². The van der Waals surface area contributed by atoms with E-state index < -0.39 is 52.9 Å². The second kappa shape index (κ2) is 7.75. The molecule has 1 saturated carbocycles. The van der Waals surface area contributed by atoms with Gasteiger partial charge < -0.3 is 24.8 Å². The minimum atomic E-state index is -1.80. The van der Waals surface area contributed by atoms with Crippen molar-refractivity contribution in [2.75, 3.05) is 0 Å². The SMILES string of the molecule is CC(=O)[C@](O)(C(C)C)[C@H]1OC(=O)[C@@H]2[C@H]1O[C@H]1C=C3C4=C([C@@H](O)C[C@]3(C)[C@@H]21)[C@@]1(C)CC[C@H](O)C[C@@H]1CC4. The number of rotatable bonds is 3. The molecule has 0 aromatic heterocycles. The third-order valence-corrected chi connectivity index (χ3v) is 11.2. The van der Waals surface area contributed by atoms with Crippen molar-refractivity contribution in [1.29, 1.82) is 0 Å². The minimum absolute atomic E-state index is 0.123. The van der Waals surface area contributed by atoms with Crippen molar-refractivity contribution < 1.29 is 34.4 Å². The van der Waals surface area contributed by atoms with E-state index in [0.29, 0.717) is 12.3 Å². The van der Waals surface area contributed by atoms with E-state index in [-0.39, 0.29) is 23.5 Å². The third-order valence-electron chi connectivity index (χ3n) is 11.2. The van der Waals surface area contributed by atoms with Gasteiger partial charge in [0.2, 0.25) is 0 Å². The van der Waals surface area contributed by atoms with Crippen LogP contribution in [-0.4, -0.2) is 63.2 Å². The van der Waals surface area contributed by atoms with E-state index in [1.165, 1.54) is 18.1 Å². The van der Waals surface area contributed by atoms with Gasteiger partial charge in [0.1, 0.15) is 6.10 Å². The summed E-state index contributed by atoms with van der Waals surface area (Å²) in [5, 5.41) is 33.3. The average molecular weight is 501 g/mol. The van der Waals surface area contributed by atoms with Gasteiger partial charge in [-0.25, -0.2) is 0 Å². The molecule has 6 aliphatic rings. The molecule has 6 rings (SSSR count). The molecule has 0 aromatic carbocycles. The Hall–Kier alpha value is -1.54. The van der Waals surface area contributed by atoms with Crippen LogP contribution in [0.1, 0.15) is 73.1 Å². The summed E-state index contributed by atoms with van der Waals surface area (Å²) < 4.78 is 12.2. The first-order valence-electron chi connectivity index (χ1n) is 13.8. The standard InChI is InChI=1S/C29H40O7/c1-13(2)29(34,14(3)30)25-24-21(26(33)36-25)23-20(35-24)11-18-17-7-6-15-10-16(31)8-9-27(15,4)22(17)19(32)12-28(18,23)5/h11,13,15-16,19-21,23-25,31-32,34H,6-10,12H2,1-5H3/t15-,16-,19-,20-,21-,23+,24+,25-,27-,28-,29+/m0/s1. The zero-order valence-electron chi connectivity index (χ0n) is 22.0. The molecule has 2 heterocycles. The zero-order valence-corrected chi connectivity index (χ0v) is 22.0. The molecule has 0 aromatic rings. The maximum Gasteiger partial charge on any atom is 0.312 e. The van der Waals surface area contributed by atoms with Crippen molar-refractivity contribution in [3.63, 3.8) is 0 Å². The van der Waals surface area contributed by atoms with E-state index >= 15 is 0 Å². The van der Waals surface area contributed by atoms with Crippen molar-refractivity contribution >= 4 is 11.8 Å². The Labute approximate surface area is 212 Å². The lowest BCUT2D eigenvalue weighted by Crippen LogP contribution is -2.57. The number of cyclic esters (lactones) is 1. The summed E-state index contributed by atoms with van der Waals surface area (Å²) in [7, 11) is 0. The van der Waals surface area contributed by atoms with E-state index in [2.05, 4.69) is 19.9 Å². The largest absolute Gasteiger partial charge is 0.456 e. The molecule has 7 heteroatoms. The number of hydrogen-bond donors (Lipinski definition) is 3. The highest BCUT2D eigenvalue weighted by Gasteiger charge is 2.70. The predicted octanol–water partition coefficient (Wildman–Crippen LogP) is 2.86. The van der Waals surface area contributed by atoms with Crippen LogP contribution < -0.4 is 0 Å². The minimum Gasteiger partial charge on any atom is -0.456 e. The van der Waals surface area contributed by atoms with Crippen molar-refractivity contribution in [1.82, 2.24) is 0 Å². The van der Waals surface area contributed by atoms with Crippen LogP contribution in [0.4, 0.5) is 0 Å². The number of aliphatic hydroxyl groups excluding tert-OH is 2. The number of allylic oxidation sites excluding steroid dienone is 2. The normalized spacial score (nSPS) is 48.9. The Morgan fingerprint density at radius 1 is 1.19 bits per heavy atom. The van der Waals surface area contributed by atoms with Gasteiger partial charge in [-0.15, -0.1) is 0 Å². The first-order valence-corrected chi connectivity index (χ1v) is 13.8. The number of carbonyl (C=O) groups excluding carboxylic acids is 2. The fraction of sp³-hybridized carbons (Fsp3) is 0.793. The summed E-state index contributed by atoms with van der Waals surface area (Å²) in [6.07, 6.45) is 4.02. The first-order chi connectivity index (χ1) is 16.8. The van der Waals surface area contributed by atoms with Crippen molar-refractivity contribution in [3.8, 4) is 0 Å². The number of fused-ring (bicyclic) bond motifs is 8. The highest BCUT2D eigenvalue weighted by Crippen LogP contribution is 2.67. The summed E-state index contributed by atoms with van der Waals surface area (Å²) in [4.78, 5) is 25.8. The molecular formula is C29H40O7. The summed E-state index contributed by atoms with van der Waals surface area (Å²) in [5.74, 6) is -1.71. The third kappa shape index (κ3) is 2.94. The number of carbonyl (C=O) groups is 2. The first kappa shape index (κ1) is 24.8. The predicted molar refractivity (Wildman–Crippen MR) is 131 cm³/mol. The highest BCUT2D eigenvalue weighted by atomic mass is 16.6. The summed E-state index contributed by atoms with van der Waals surface area (Å²) in [6, 6.07) is 0. The van der Waals surface area contributed by atoms with Gasteiger partial charge in [0.25, 0.3) is 0 Å². The van der Waals surface area contributed by atoms with Gasteiger partial charge in [-0.1, -0.05) is 33.8 Å². The van der Waals surface area contributed by atoms with Crippen LogP contribution in [0.5, 0.6) is 0 Å². The molecule has 3 N–H and O–H groups in total. The van der Waals surface area contributed by atoms with Gasteiger partial charge in [-0.2, -0.15) is 0 Å². The molecule has 0 amide bonds. The Morgan fingerprint density at radius 3 is 2.58 bits per heavy atom. The fourth-order valence-electron chi connectivity index (χ4n) is 9.30. The molecule has 11 atom stereocenters. The molecule has 7 nitrogen and oxygen atoms in total. The molecule has 3 fully saturated rings. The molecule has 198 valence electrons. The van der Waals surface area contributed by atoms with Gasteiger partial charge in [-0.3, -0.25) is 9.59 Å². The van der Waals surface area contributed by atoms with Gasteiger partial charge in [-0.05, 0) is 79.4 Å². The molecule has 0 radical (unpaired) electrons. The molecule has 0 unspecified atom stereocenters. The average Bonchev–Trinajstić information content (AvgIpc) is 3.41. The van der Waals surface area contributed by atoms with E-state index in [4.69, 9.17) is 9.47 Å². The van der Waals surface area contributed by atoms with Crippen molar-refractivity contribution in [2.45, 2.75) is 109 Å². The smallest absolute Gasteiger partial charge is 0.312 e. The Morgan fingerprint density at radius 2 is 1.92 bits per heavy atom. The highest BCUT2D eigenvalue weighted by molar-refractivity contribution is 5.88. The van der Waals surface area contributed by atoms with Gasteiger partial charge in [0.15, 0.2) is 17.5 Å². The number of aliphatic hydroxyl groups is 3. The van der Waals surface area contributed by atoms with Crippen LogP contribution in [0, 0.1) is 34.5 Å². The van der Waals surface area contributed by atoms with E-state index in [1.54, 1.807) is 13.8 Å². The summed E-state index contributed by atoms with van der Waals surface area (Å²) in [5.41, 5.74) is 1.18. The van der Waals surface area contributed by atoms with Crippen LogP contribution in [0.2, 0.25) is 0 Å². The van der Waals surface area contributed by atoms with Crippen molar-refractivity contribution in [2.24, 2.45) is 34.5 Å². The van der Waals surface area contributed by atoms with E-state index in [9.17, 15) is 24.9 Å². The number of ether oxygens (including phenoxy) is 2. The van der Waals surface area contributed by atoms with Crippen LogP contribution in [-0.2, 0) is 19.1 Å².